The molecule has 4 rings (SSSR count). The number of carboxylic acid groups (broad SMARTS) is 2. The van der Waals surface area contributed by atoms with Gasteiger partial charge in [0.1, 0.15) is 85.5 Å². The van der Waals surface area contributed by atoms with Crippen molar-refractivity contribution >= 4 is 11.9 Å². The summed E-state index contributed by atoms with van der Waals surface area (Å²) in [6, 6.07) is -1.52. The Bertz CT molecular complexity index is 1290. The summed E-state index contributed by atoms with van der Waals surface area (Å²) in [7, 11) is 0. The van der Waals surface area contributed by atoms with E-state index in [9.17, 15) is 91.3 Å². The van der Waals surface area contributed by atoms with Gasteiger partial charge in [-0.1, -0.05) is 0 Å². The Labute approximate surface area is 309 Å². The molecule has 0 unspecified atom stereocenters. The lowest BCUT2D eigenvalue weighted by Gasteiger charge is -2.52. The minimum Gasteiger partial charge on any atom is -0.477 e. The lowest BCUT2D eigenvalue weighted by Crippen LogP contribution is -2.70. The van der Waals surface area contributed by atoms with E-state index in [4.69, 9.17) is 38.9 Å². The number of hydrogen-bond acceptors (Lipinski definition) is 24. The number of hydrogen-bond donors (Lipinski definition) is 17. The first-order valence-corrected chi connectivity index (χ1v) is 16.9. The second-order valence-corrected chi connectivity index (χ2v) is 13.6. The summed E-state index contributed by atoms with van der Waals surface area (Å²) >= 11 is 0. The Hall–Kier alpha value is -1.94. The normalized spacial score (nSPS) is 47.1. The van der Waals surface area contributed by atoms with Crippen LogP contribution in [0.15, 0.2) is 0 Å². The molecule has 0 spiro atoms. The molecular weight excluding hydrogens is 762 g/mol. The van der Waals surface area contributed by atoms with Crippen LogP contribution >= 0.6 is 0 Å². The van der Waals surface area contributed by atoms with Gasteiger partial charge in [-0.05, 0) is 0 Å². The van der Waals surface area contributed by atoms with Gasteiger partial charge in [-0.2, -0.15) is 0 Å². The number of aliphatic carboxylic acids is 2. The molecule has 26 heteroatoms. The summed E-state index contributed by atoms with van der Waals surface area (Å²) in [5.41, 5.74) is 5.57. The fraction of sp³-hybridized carbons (Fsp3) is 0.931. The summed E-state index contributed by atoms with van der Waals surface area (Å²) in [5, 5.41) is 165. The molecule has 18 N–H and O–H groups in total. The van der Waals surface area contributed by atoms with E-state index >= 15 is 0 Å². The van der Waals surface area contributed by atoms with Crippen molar-refractivity contribution in [2.45, 2.75) is 141 Å². The van der Waals surface area contributed by atoms with E-state index in [1.807, 2.05) is 0 Å². The van der Waals surface area contributed by atoms with Crippen molar-refractivity contribution in [2.75, 3.05) is 26.4 Å². The first-order chi connectivity index (χ1) is 25.7. The molecule has 26 nitrogen and oxygen atoms in total. The molecule has 0 aromatic rings. The van der Waals surface area contributed by atoms with Gasteiger partial charge < -0.3 is 121 Å². The van der Waals surface area contributed by atoms with Gasteiger partial charge in [0, 0.05) is 12.8 Å². The zero-order chi connectivity index (χ0) is 41.3. The highest BCUT2D eigenvalue weighted by atomic mass is 16.8. The number of carboxylic acids is 2. The predicted octanol–water partition coefficient (Wildman–Crippen LogP) is -10.7. The molecule has 4 saturated heterocycles. The monoisotopic (exact) mass is 811 g/mol. The van der Waals surface area contributed by atoms with E-state index in [-0.39, 0.29) is 0 Å². The minimum absolute atomic E-state index is 1.06. The molecule has 21 atom stereocenters. The maximum Gasteiger partial charge on any atom is 0.364 e. The van der Waals surface area contributed by atoms with Crippen molar-refractivity contribution in [3.63, 3.8) is 0 Å². The largest absolute Gasteiger partial charge is 0.477 e. The number of ether oxygens (including phenoxy) is 7. The minimum atomic E-state index is -3.22. The summed E-state index contributed by atoms with van der Waals surface area (Å²) in [6.45, 7) is -4.57. The highest BCUT2D eigenvalue weighted by molar-refractivity contribution is 5.77. The van der Waals surface area contributed by atoms with Crippen LogP contribution in [0.4, 0.5) is 0 Å². The van der Waals surface area contributed by atoms with E-state index in [0.717, 1.165) is 0 Å². The fourth-order valence-corrected chi connectivity index (χ4v) is 6.65. The third-order valence-corrected chi connectivity index (χ3v) is 9.86. The number of aliphatic hydroxyl groups is 14. The van der Waals surface area contributed by atoms with Gasteiger partial charge in [0.25, 0.3) is 11.6 Å². The van der Waals surface area contributed by atoms with Crippen LogP contribution in [-0.4, -0.2) is 248 Å². The van der Waals surface area contributed by atoms with Crippen LogP contribution in [0.1, 0.15) is 12.8 Å². The van der Waals surface area contributed by atoms with E-state index in [2.05, 4.69) is 0 Å². The summed E-state index contributed by atoms with van der Waals surface area (Å²) in [4.78, 5) is 25.9. The Balaban J connectivity index is 1.81. The second kappa shape index (κ2) is 18.3. The molecule has 55 heavy (non-hydrogen) atoms. The van der Waals surface area contributed by atoms with Crippen LogP contribution in [-0.2, 0) is 42.7 Å². The number of carbonyl (C=O) groups is 2. The molecule has 4 fully saturated rings. The SMILES string of the molecule is N[C@@H]1[C@@H](O)[C@H](O)[C@@H](CO[C@]2(C(=O)O)C[C@@H](O[C@]3(C(=O)O)C[C@@H](O)[C@@H](O)[C@@H]([C@H](O)CO)O3)[C@@H](O[C@H]3O[C@H]([C@@H](O)CO)[C@@H](O)[C@H](O)[C@@H]3O)[C@@H]([C@H](O)CO)O2)O[C@H]1O. The van der Waals surface area contributed by atoms with Crippen molar-refractivity contribution in [3.8, 4) is 0 Å². The molecule has 0 aromatic carbocycles. The molecule has 0 bridgehead atoms. The van der Waals surface area contributed by atoms with Gasteiger partial charge in [-0.15, -0.1) is 0 Å². The standard InChI is InChI=1S/C29H49NO25/c30-13-16(40)15(39)12(50-24(13)44)6-49-28(26(45)46)2-11(53-29(27(47)48)1-7(34)14(38)21(54-29)9(36)4-32)23(22(55-28)10(37)5-33)52-25-19(43)17(41)18(42)20(51-25)8(35)3-31/h7-25,31-44H,1-6,30H2,(H,45,46)(H,47,48)/t7-,8+,9-,10-,11-,12-,13-,14-,15-,16-,17+,18+,19+,20-,21-,22-,23-,24-,25-,28-,29-/m1/s1. The fourth-order valence-electron chi connectivity index (χ4n) is 6.65. The first kappa shape index (κ1) is 45.8. The van der Waals surface area contributed by atoms with Gasteiger partial charge in [-0.3, -0.25) is 0 Å². The van der Waals surface area contributed by atoms with Crippen molar-refractivity contribution in [3.05, 3.63) is 0 Å². The van der Waals surface area contributed by atoms with Crippen molar-refractivity contribution < 1.29 is 124 Å². The second-order valence-electron chi connectivity index (χ2n) is 13.6. The Kier molecular flexibility index (Phi) is 15.2. The average molecular weight is 812 g/mol. The van der Waals surface area contributed by atoms with Crippen LogP contribution < -0.4 is 5.73 Å². The van der Waals surface area contributed by atoms with Crippen molar-refractivity contribution in [1.82, 2.24) is 0 Å². The summed E-state index contributed by atoms with van der Waals surface area (Å²) < 4.78 is 38.7. The molecule has 0 aliphatic carbocycles. The summed E-state index contributed by atoms with van der Waals surface area (Å²) in [5.74, 6) is -10.6. The zero-order valence-corrected chi connectivity index (χ0v) is 28.6. The smallest absolute Gasteiger partial charge is 0.364 e. The topological polar surface area (TPSA) is 448 Å². The van der Waals surface area contributed by atoms with Gasteiger partial charge in [0.15, 0.2) is 12.6 Å². The van der Waals surface area contributed by atoms with Gasteiger partial charge in [-0.25, -0.2) is 9.59 Å². The highest BCUT2D eigenvalue weighted by Crippen LogP contribution is 2.42. The maximum atomic E-state index is 13.0. The highest BCUT2D eigenvalue weighted by Gasteiger charge is 2.63. The van der Waals surface area contributed by atoms with Crippen LogP contribution in [0.5, 0.6) is 0 Å². The molecule has 4 heterocycles. The van der Waals surface area contributed by atoms with E-state index < -0.39 is 179 Å². The lowest BCUT2D eigenvalue weighted by atomic mass is 9.89. The van der Waals surface area contributed by atoms with Crippen molar-refractivity contribution in [1.29, 1.82) is 0 Å². The molecule has 0 amide bonds. The van der Waals surface area contributed by atoms with Crippen LogP contribution in [0.25, 0.3) is 0 Å². The Morgan fingerprint density at radius 1 is 0.673 bits per heavy atom. The van der Waals surface area contributed by atoms with Crippen LogP contribution in [0.2, 0.25) is 0 Å². The number of rotatable bonds is 15. The number of nitrogens with two attached hydrogens (primary N) is 1. The molecule has 4 aliphatic heterocycles. The predicted molar refractivity (Wildman–Crippen MR) is 164 cm³/mol. The quantitative estimate of drug-likeness (QED) is 0.0730. The van der Waals surface area contributed by atoms with Crippen molar-refractivity contribution in [2.24, 2.45) is 5.73 Å². The lowest BCUT2D eigenvalue weighted by molar-refractivity contribution is -0.399. The molecular formula is C29H49NO25. The van der Waals surface area contributed by atoms with Crippen LogP contribution in [0, 0.1) is 0 Å². The number of aliphatic hydroxyl groups excluding tert-OH is 14. The summed E-state index contributed by atoms with van der Waals surface area (Å²) in [6.07, 6.45) is -39.7. The molecule has 0 saturated carbocycles. The Morgan fingerprint density at radius 3 is 1.78 bits per heavy atom. The molecule has 320 valence electrons. The average Bonchev–Trinajstić information content (AvgIpc) is 3.15. The Morgan fingerprint density at radius 2 is 1.22 bits per heavy atom. The van der Waals surface area contributed by atoms with Crippen LogP contribution in [0.3, 0.4) is 0 Å². The van der Waals surface area contributed by atoms with Gasteiger partial charge >= 0.3 is 11.9 Å². The molecule has 0 radical (unpaired) electrons. The first-order valence-electron chi connectivity index (χ1n) is 16.9. The maximum absolute atomic E-state index is 13.0. The van der Waals surface area contributed by atoms with E-state index in [1.54, 1.807) is 0 Å². The third kappa shape index (κ3) is 9.20. The van der Waals surface area contributed by atoms with Gasteiger partial charge in [0.2, 0.25) is 0 Å². The van der Waals surface area contributed by atoms with Gasteiger partial charge in [0.05, 0.1) is 44.7 Å². The van der Waals surface area contributed by atoms with E-state index in [1.165, 1.54) is 0 Å². The third-order valence-electron chi connectivity index (χ3n) is 9.86. The molecule has 0 aromatic heterocycles. The zero-order valence-electron chi connectivity index (χ0n) is 28.6. The molecule has 4 aliphatic rings. The van der Waals surface area contributed by atoms with E-state index in [0.29, 0.717) is 0 Å².